The van der Waals surface area contributed by atoms with E-state index in [1.807, 2.05) is 18.3 Å². The molecule has 36 heavy (non-hydrogen) atoms. The van der Waals surface area contributed by atoms with Gasteiger partial charge in [-0.1, -0.05) is 66.8 Å². The van der Waals surface area contributed by atoms with Crippen molar-refractivity contribution in [1.29, 1.82) is 0 Å². The molecule has 2 aliphatic rings. The molecule has 0 saturated heterocycles. The van der Waals surface area contributed by atoms with Crippen molar-refractivity contribution < 1.29 is 8.42 Å². The Balaban J connectivity index is 1.40. The first kappa shape index (κ1) is 22.6. The van der Waals surface area contributed by atoms with Gasteiger partial charge in [-0.3, -0.25) is 0 Å². The van der Waals surface area contributed by atoms with E-state index in [1.54, 1.807) is 18.2 Å². The van der Waals surface area contributed by atoms with Gasteiger partial charge in [0.15, 0.2) is 0 Å². The molecule has 2 heterocycles. The minimum Gasteiger partial charge on any atom is -0.321 e. The van der Waals surface area contributed by atoms with Crippen molar-refractivity contribution in [3.8, 4) is 11.3 Å². The predicted octanol–water partition coefficient (Wildman–Crippen LogP) is 4.53. The van der Waals surface area contributed by atoms with Gasteiger partial charge in [0.25, 0.3) is 21.7 Å². The van der Waals surface area contributed by atoms with E-state index in [1.165, 1.54) is 16.6 Å². The van der Waals surface area contributed by atoms with Crippen molar-refractivity contribution in [2.75, 3.05) is 4.72 Å². The molecule has 9 heteroatoms. The van der Waals surface area contributed by atoms with Crippen LogP contribution in [0.15, 0.2) is 90.0 Å². The highest BCUT2D eigenvalue weighted by atomic mass is 32.2. The molecule has 1 saturated carbocycles. The third-order valence-corrected chi connectivity index (χ3v) is 8.34. The van der Waals surface area contributed by atoms with Crippen LogP contribution in [0.4, 0.5) is 5.95 Å². The van der Waals surface area contributed by atoms with Gasteiger partial charge in [0, 0.05) is 28.8 Å². The van der Waals surface area contributed by atoms with Gasteiger partial charge in [-0.25, -0.2) is 22.6 Å². The van der Waals surface area contributed by atoms with Crippen LogP contribution in [-0.2, 0) is 15.6 Å². The number of hydrogen-bond donors (Lipinski definition) is 2. The molecule has 0 bridgehead atoms. The highest BCUT2D eigenvalue weighted by Gasteiger charge is 2.34. The fourth-order valence-electron chi connectivity index (χ4n) is 4.78. The number of sulfonamides is 1. The number of benzene rings is 2. The lowest BCUT2D eigenvalue weighted by molar-refractivity contribution is 0.253. The summed E-state index contributed by atoms with van der Waals surface area (Å²) >= 11 is 0. The molecule has 1 fully saturated rings. The number of fused-ring (bicyclic) bond motifs is 1. The molecule has 8 nitrogen and oxygen atoms in total. The van der Waals surface area contributed by atoms with Crippen LogP contribution < -0.4 is 10.5 Å². The second kappa shape index (κ2) is 8.69. The highest BCUT2D eigenvalue weighted by molar-refractivity contribution is 7.92. The van der Waals surface area contributed by atoms with Crippen molar-refractivity contribution in [3.05, 3.63) is 96.2 Å². The summed E-state index contributed by atoms with van der Waals surface area (Å²) in [5, 5.41) is 4.37. The van der Waals surface area contributed by atoms with Crippen molar-refractivity contribution in [2.24, 2.45) is 5.73 Å². The molecule has 1 unspecified atom stereocenters. The zero-order chi connectivity index (χ0) is 24.8. The van der Waals surface area contributed by atoms with Crippen molar-refractivity contribution in [1.82, 2.24) is 19.6 Å². The summed E-state index contributed by atoms with van der Waals surface area (Å²) in [7, 11) is -3.82. The highest BCUT2D eigenvalue weighted by Crippen LogP contribution is 2.40. The Morgan fingerprint density at radius 2 is 1.78 bits per heavy atom. The number of hydrogen-bond acceptors (Lipinski definition) is 6. The average molecular weight is 499 g/mol. The molecule has 3 N–H and O–H groups in total. The smallest absolute Gasteiger partial charge is 0.264 e. The van der Waals surface area contributed by atoms with Crippen LogP contribution in [-0.4, -0.2) is 28.0 Å². The monoisotopic (exact) mass is 498 g/mol. The average Bonchev–Trinajstić information content (AvgIpc) is 3.28. The molecule has 1 atom stereocenters. The van der Waals surface area contributed by atoms with E-state index < -0.39 is 10.0 Å². The van der Waals surface area contributed by atoms with Crippen molar-refractivity contribution in [2.45, 2.75) is 42.0 Å². The first-order valence-corrected chi connectivity index (χ1v) is 13.5. The quantitative estimate of drug-likeness (QED) is 0.404. The molecule has 182 valence electrons. The maximum atomic E-state index is 12.8. The number of anilines is 1. The van der Waals surface area contributed by atoms with E-state index in [0.29, 0.717) is 5.78 Å². The summed E-state index contributed by atoms with van der Waals surface area (Å²) in [4.78, 5) is 9.35. The van der Waals surface area contributed by atoms with Gasteiger partial charge < -0.3 is 5.73 Å². The van der Waals surface area contributed by atoms with Crippen LogP contribution >= 0.6 is 0 Å². The second-order valence-corrected chi connectivity index (χ2v) is 11.1. The fraction of sp³-hybridized carbons (Fsp3) is 0.222. The SMILES string of the molecule is NC1(c2ccc(-c3nc4nc(NS(=O)(=O)c5ccccc5)nn4cc3C3C=CC=CC3)cc2)CCC1. The first-order valence-electron chi connectivity index (χ1n) is 12.0. The molecule has 2 aromatic carbocycles. The summed E-state index contributed by atoms with van der Waals surface area (Å²) in [6, 6.07) is 16.4. The molecule has 0 radical (unpaired) electrons. The molecule has 0 spiro atoms. The van der Waals surface area contributed by atoms with E-state index in [4.69, 9.17) is 10.7 Å². The Morgan fingerprint density at radius 3 is 2.44 bits per heavy atom. The van der Waals surface area contributed by atoms with E-state index in [9.17, 15) is 8.42 Å². The van der Waals surface area contributed by atoms with Gasteiger partial charge in [0.2, 0.25) is 0 Å². The van der Waals surface area contributed by atoms with Crippen LogP contribution in [0.3, 0.4) is 0 Å². The molecule has 4 aromatic rings. The van der Waals surface area contributed by atoms with E-state index in [-0.39, 0.29) is 22.3 Å². The lowest BCUT2D eigenvalue weighted by Gasteiger charge is -2.38. The van der Waals surface area contributed by atoms with E-state index in [0.717, 1.165) is 48.1 Å². The van der Waals surface area contributed by atoms with Gasteiger partial charge in [0.05, 0.1) is 10.6 Å². The Labute approximate surface area is 209 Å². The topological polar surface area (TPSA) is 115 Å². The number of nitrogens with zero attached hydrogens (tertiary/aromatic N) is 4. The standard InChI is InChI=1S/C27H26N6O2S/c28-27(16-7-17-27)21-14-12-20(13-15-21)24-23(19-8-3-1-4-9-19)18-33-26(29-24)30-25(31-33)32-36(34,35)22-10-5-2-6-11-22/h1-6,8,10-15,18-19H,7,9,16-17,28H2,(H,31,32). The zero-order valence-corrected chi connectivity index (χ0v) is 20.4. The summed E-state index contributed by atoms with van der Waals surface area (Å²) in [5.74, 6) is 0.398. The van der Waals surface area contributed by atoms with Crippen molar-refractivity contribution >= 4 is 21.7 Å². The Morgan fingerprint density at radius 1 is 1.00 bits per heavy atom. The van der Waals surface area contributed by atoms with Crippen LogP contribution in [0.2, 0.25) is 0 Å². The van der Waals surface area contributed by atoms with Crippen LogP contribution in [0.5, 0.6) is 0 Å². The Kier molecular flexibility index (Phi) is 5.46. The zero-order valence-electron chi connectivity index (χ0n) is 19.6. The summed E-state index contributed by atoms with van der Waals surface area (Å²) in [6.45, 7) is 0. The lowest BCUT2D eigenvalue weighted by Crippen LogP contribution is -2.43. The Bertz CT molecular complexity index is 1590. The maximum Gasteiger partial charge on any atom is 0.264 e. The molecule has 2 aromatic heterocycles. The van der Waals surface area contributed by atoms with Gasteiger partial charge >= 0.3 is 0 Å². The number of allylic oxidation sites excluding steroid dienone is 4. The van der Waals surface area contributed by atoms with Crippen LogP contribution in [0, 0.1) is 0 Å². The minimum atomic E-state index is -3.82. The Hall–Kier alpha value is -3.82. The summed E-state index contributed by atoms with van der Waals surface area (Å²) in [5.41, 5.74) is 10.2. The third kappa shape index (κ3) is 4.10. The van der Waals surface area contributed by atoms with Gasteiger partial charge in [-0.15, -0.1) is 5.10 Å². The third-order valence-electron chi connectivity index (χ3n) is 7.00. The largest absolute Gasteiger partial charge is 0.321 e. The first-order chi connectivity index (χ1) is 17.4. The van der Waals surface area contributed by atoms with Gasteiger partial charge in [0.1, 0.15) is 0 Å². The number of nitrogens with one attached hydrogen (secondary N) is 1. The van der Waals surface area contributed by atoms with Crippen LogP contribution in [0.25, 0.3) is 17.0 Å². The summed E-state index contributed by atoms with van der Waals surface area (Å²) < 4.78 is 29.6. The van der Waals surface area contributed by atoms with E-state index in [2.05, 4.69) is 51.2 Å². The predicted molar refractivity (Wildman–Crippen MR) is 139 cm³/mol. The molecule has 0 amide bonds. The summed E-state index contributed by atoms with van der Waals surface area (Å²) in [6.07, 6.45) is 14.2. The minimum absolute atomic E-state index is 0.0288. The van der Waals surface area contributed by atoms with E-state index >= 15 is 0 Å². The fourth-order valence-corrected chi connectivity index (χ4v) is 5.74. The number of rotatable bonds is 6. The molecular weight excluding hydrogens is 472 g/mol. The maximum absolute atomic E-state index is 12.8. The second-order valence-electron chi connectivity index (χ2n) is 9.39. The molecule has 6 rings (SSSR count). The normalized spacial score (nSPS) is 18.8. The number of aromatic nitrogens is 4. The number of nitrogens with two attached hydrogens (primary N) is 1. The molecule has 2 aliphatic carbocycles. The molecular formula is C27H26N6O2S. The van der Waals surface area contributed by atoms with Crippen molar-refractivity contribution in [3.63, 3.8) is 0 Å². The lowest BCUT2D eigenvalue weighted by atomic mass is 9.72. The van der Waals surface area contributed by atoms with Crippen LogP contribution in [0.1, 0.15) is 42.7 Å². The van der Waals surface area contributed by atoms with Gasteiger partial charge in [-0.05, 0) is 43.4 Å². The molecule has 0 aliphatic heterocycles. The van der Waals surface area contributed by atoms with Gasteiger partial charge in [-0.2, -0.15) is 4.98 Å².